The van der Waals surface area contributed by atoms with E-state index >= 15 is 0 Å². The molecule has 5 rings (SSSR count). The third-order valence-corrected chi connectivity index (χ3v) is 6.97. The predicted molar refractivity (Wildman–Crippen MR) is 140 cm³/mol. The van der Waals surface area contributed by atoms with Gasteiger partial charge in [0.25, 0.3) is 5.91 Å². The predicted octanol–water partition coefficient (Wildman–Crippen LogP) is 6.70. The number of amides is 1. The Labute approximate surface area is 211 Å². The van der Waals surface area contributed by atoms with E-state index in [2.05, 4.69) is 9.88 Å². The van der Waals surface area contributed by atoms with E-state index in [-0.39, 0.29) is 11.9 Å². The quantitative estimate of drug-likeness (QED) is 0.299. The maximum absolute atomic E-state index is 13.2. The molecule has 0 unspecified atom stereocenters. The summed E-state index contributed by atoms with van der Waals surface area (Å²) in [6, 6.07) is 15.5. The lowest BCUT2D eigenvalue weighted by atomic mass is 9.95. The maximum atomic E-state index is 13.2. The number of imidazole rings is 1. The Hall–Kier alpha value is -3.74. The lowest BCUT2D eigenvalue weighted by Crippen LogP contribution is -2.26. The number of ether oxygens (including phenoxy) is 2. The molecule has 1 saturated carbocycles. The zero-order valence-corrected chi connectivity index (χ0v) is 21.1. The van der Waals surface area contributed by atoms with Crippen LogP contribution in [0.5, 0.6) is 11.5 Å². The Morgan fingerprint density at radius 1 is 1.14 bits per heavy atom. The van der Waals surface area contributed by atoms with Gasteiger partial charge in [0.05, 0.1) is 37.1 Å². The van der Waals surface area contributed by atoms with Crippen molar-refractivity contribution >= 4 is 16.9 Å². The average Bonchev–Trinajstić information content (AvgIpc) is 3.57. The van der Waals surface area contributed by atoms with Crippen molar-refractivity contribution in [2.45, 2.75) is 58.0 Å². The van der Waals surface area contributed by atoms with Crippen molar-refractivity contribution in [3.63, 3.8) is 0 Å². The van der Waals surface area contributed by atoms with Gasteiger partial charge in [-0.1, -0.05) is 25.3 Å². The fourth-order valence-electron chi connectivity index (χ4n) is 5.12. The van der Waals surface area contributed by atoms with E-state index in [0.29, 0.717) is 29.7 Å². The van der Waals surface area contributed by atoms with E-state index in [9.17, 15) is 4.79 Å². The second kappa shape index (κ2) is 10.5. The smallest absolute Gasteiger partial charge is 0.251 e. The number of hydrogen-bond donors (Lipinski definition) is 1. The molecule has 36 heavy (non-hydrogen) atoms. The number of nitrogens with one attached hydrogen (secondary N) is 1. The number of furan rings is 1. The summed E-state index contributed by atoms with van der Waals surface area (Å²) in [7, 11) is 1.62. The molecule has 0 aliphatic heterocycles. The van der Waals surface area contributed by atoms with Crippen LogP contribution in [-0.2, 0) is 0 Å². The van der Waals surface area contributed by atoms with E-state index in [1.807, 2.05) is 62.4 Å². The highest BCUT2D eigenvalue weighted by Crippen LogP contribution is 2.36. The van der Waals surface area contributed by atoms with Crippen LogP contribution in [-0.4, -0.2) is 29.2 Å². The third-order valence-electron chi connectivity index (χ3n) is 6.97. The molecule has 2 aromatic heterocycles. The van der Waals surface area contributed by atoms with E-state index in [1.165, 1.54) is 19.3 Å². The highest BCUT2D eigenvalue weighted by molar-refractivity contribution is 5.98. The van der Waals surface area contributed by atoms with Crippen LogP contribution in [0.4, 0.5) is 0 Å². The fraction of sp³-hybridized carbons (Fsp3) is 0.379. The zero-order chi connectivity index (χ0) is 25.1. The maximum Gasteiger partial charge on any atom is 0.251 e. The van der Waals surface area contributed by atoms with Crippen LogP contribution in [0.3, 0.4) is 0 Å². The number of hydrogen-bond acceptors (Lipinski definition) is 5. The summed E-state index contributed by atoms with van der Waals surface area (Å²) in [5.74, 6) is 2.77. The van der Waals surface area contributed by atoms with Crippen LogP contribution < -0.4 is 14.8 Å². The largest absolute Gasteiger partial charge is 0.493 e. The molecule has 0 spiro atoms. The topological polar surface area (TPSA) is 78.5 Å². The van der Waals surface area contributed by atoms with Crippen molar-refractivity contribution in [1.29, 1.82) is 0 Å². The van der Waals surface area contributed by atoms with E-state index in [0.717, 1.165) is 41.0 Å². The molecule has 1 atom stereocenters. The van der Waals surface area contributed by atoms with Gasteiger partial charge in [0, 0.05) is 11.6 Å². The number of aromatic nitrogens is 2. The highest BCUT2D eigenvalue weighted by Gasteiger charge is 2.24. The van der Waals surface area contributed by atoms with Gasteiger partial charge in [0.15, 0.2) is 23.1 Å². The molecule has 0 saturated heterocycles. The van der Waals surface area contributed by atoms with Crippen molar-refractivity contribution in [3.05, 3.63) is 65.9 Å². The van der Waals surface area contributed by atoms with Crippen molar-refractivity contribution in [1.82, 2.24) is 14.9 Å². The van der Waals surface area contributed by atoms with Gasteiger partial charge < -0.3 is 23.8 Å². The molecule has 7 nitrogen and oxygen atoms in total. The van der Waals surface area contributed by atoms with Crippen LogP contribution in [0, 0.1) is 0 Å². The molecular weight excluding hydrogens is 454 g/mol. The van der Waals surface area contributed by atoms with Crippen LogP contribution in [0.25, 0.3) is 22.6 Å². The zero-order valence-electron chi connectivity index (χ0n) is 21.1. The molecule has 7 heteroatoms. The first-order valence-electron chi connectivity index (χ1n) is 12.8. The van der Waals surface area contributed by atoms with Gasteiger partial charge in [-0.25, -0.2) is 4.98 Å². The lowest BCUT2D eigenvalue weighted by Gasteiger charge is -2.25. The van der Waals surface area contributed by atoms with Crippen molar-refractivity contribution in [2.24, 2.45) is 0 Å². The van der Waals surface area contributed by atoms with Gasteiger partial charge in [0.1, 0.15) is 0 Å². The normalized spacial score (nSPS) is 15.1. The van der Waals surface area contributed by atoms with Crippen molar-refractivity contribution in [3.8, 4) is 23.1 Å². The summed E-state index contributed by atoms with van der Waals surface area (Å²) in [5.41, 5.74) is 3.35. The number of rotatable bonds is 8. The van der Waals surface area contributed by atoms with Gasteiger partial charge in [-0.15, -0.1) is 0 Å². The molecule has 2 aromatic carbocycles. The Morgan fingerprint density at radius 2 is 1.97 bits per heavy atom. The Kier molecular flexibility index (Phi) is 6.98. The van der Waals surface area contributed by atoms with Crippen molar-refractivity contribution in [2.75, 3.05) is 13.7 Å². The SMILES string of the molecule is CCOc1cc([C@@H](C)NC(=O)c2ccc3c(c2)nc(-c2ccco2)n3C2CCCCC2)ccc1OC. The number of carbonyl (C=O) groups is 1. The molecule has 188 valence electrons. The summed E-state index contributed by atoms with van der Waals surface area (Å²) in [4.78, 5) is 18.1. The number of benzene rings is 2. The summed E-state index contributed by atoms with van der Waals surface area (Å²) in [6.07, 6.45) is 7.65. The molecule has 0 radical (unpaired) electrons. The van der Waals surface area contributed by atoms with Gasteiger partial charge in [0.2, 0.25) is 0 Å². The van der Waals surface area contributed by atoms with Gasteiger partial charge in [-0.2, -0.15) is 0 Å². The van der Waals surface area contributed by atoms with Crippen LogP contribution >= 0.6 is 0 Å². The van der Waals surface area contributed by atoms with Crippen LogP contribution in [0.2, 0.25) is 0 Å². The van der Waals surface area contributed by atoms with E-state index < -0.39 is 0 Å². The molecular formula is C29H33N3O4. The molecule has 4 aromatic rings. The molecule has 1 aliphatic carbocycles. The van der Waals surface area contributed by atoms with E-state index in [1.54, 1.807) is 13.4 Å². The summed E-state index contributed by atoms with van der Waals surface area (Å²) in [5, 5.41) is 3.11. The molecule has 1 amide bonds. The van der Waals surface area contributed by atoms with Gasteiger partial charge in [-0.3, -0.25) is 4.79 Å². The Bertz CT molecular complexity index is 1340. The standard InChI is InChI=1S/C29H33N3O4/c1-4-35-27-18-20(13-15-25(27)34-3)19(2)30-29(33)21-12-14-24-23(17-21)31-28(26-11-8-16-36-26)32(24)22-9-6-5-7-10-22/h8,11-19,22H,4-7,9-10H2,1-3H3,(H,30,33)/t19-/m1/s1. The minimum Gasteiger partial charge on any atom is -0.493 e. The van der Waals surface area contributed by atoms with Gasteiger partial charge in [-0.05, 0) is 74.7 Å². The second-order valence-corrected chi connectivity index (χ2v) is 9.32. The number of carbonyl (C=O) groups excluding carboxylic acids is 1. The summed E-state index contributed by atoms with van der Waals surface area (Å²) >= 11 is 0. The Morgan fingerprint density at radius 3 is 2.69 bits per heavy atom. The highest BCUT2D eigenvalue weighted by atomic mass is 16.5. The average molecular weight is 488 g/mol. The number of fused-ring (bicyclic) bond motifs is 1. The Balaban J connectivity index is 1.42. The summed E-state index contributed by atoms with van der Waals surface area (Å²) < 4.78 is 19.1. The monoisotopic (exact) mass is 487 g/mol. The van der Waals surface area contributed by atoms with Crippen molar-refractivity contribution < 1.29 is 18.7 Å². The number of methoxy groups -OCH3 is 1. The molecule has 1 fully saturated rings. The van der Waals surface area contributed by atoms with Gasteiger partial charge >= 0.3 is 0 Å². The molecule has 1 aliphatic rings. The van der Waals surface area contributed by atoms with E-state index in [4.69, 9.17) is 18.9 Å². The fourth-order valence-corrected chi connectivity index (χ4v) is 5.12. The second-order valence-electron chi connectivity index (χ2n) is 9.32. The molecule has 1 N–H and O–H groups in total. The molecule has 2 heterocycles. The van der Waals surface area contributed by atoms with Crippen LogP contribution in [0.1, 0.15) is 74.0 Å². The first-order valence-corrected chi connectivity index (χ1v) is 12.8. The number of nitrogens with zero attached hydrogens (tertiary/aromatic N) is 2. The first kappa shape index (κ1) is 24.0. The molecule has 0 bridgehead atoms. The third kappa shape index (κ3) is 4.70. The minimum atomic E-state index is -0.211. The first-order chi connectivity index (χ1) is 17.6. The van der Waals surface area contributed by atoms with Crippen LogP contribution in [0.15, 0.2) is 59.2 Å². The minimum absolute atomic E-state index is 0.148. The summed E-state index contributed by atoms with van der Waals surface area (Å²) in [6.45, 7) is 4.43. The lowest BCUT2D eigenvalue weighted by molar-refractivity contribution is 0.0940.